The van der Waals surface area contributed by atoms with Crippen LogP contribution in [0.1, 0.15) is 31.2 Å². The van der Waals surface area contributed by atoms with Crippen LogP contribution in [-0.2, 0) is 9.53 Å². The van der Waals surface area contributed by atoms with E-state index in [2.05, 4.69) is 4.99 Å². The third kappa shape index (κ3) is 3.47. The molecule has 8 heteroatoms. The van der Waals surface area contributed by atoms with Crippen LogP contribution in [0.5, 0.6) is 0 Å². The van der Waals surface area contributed by atoms with Crippen LogP contribution in [0.25, 0.3) is 6.08 Å². The van der Waals surface area contributed by atoms with Gasteiger partial charge in [0.05, 0.1) is 28.7 Å². The lowest BCUT2D eigenvalue weighted by Gasteiger charge is -2.25. The summed E-state index contributed by atoms with van der Waals surface area (Å²) in [5.74, 6) is 0.0462. The van der Waals surface area contributed by atoms with Gasteiger partial charge in [-0.05, 0) is 37.6 Å². The molecule has 0 aliphatic carbocycles. The van der Waals surface area contributed by atoms with Crippen molar-refractivity contribution in [3.8, 4) is 0 Å². The molecule has 0 bridgehead atoms. The summed E-state index contributed by atoms with van der Waals surface area (Å²) in [6, 6.07) is 9.93. The fourth-order valence-corrected chi connectivity index (χ4v) is 4.55. The van der Waals surface area contributed by atoms with Crippen molar-refractivity contribution >= 4 is 35.0 Å². The number of esters is 1. The number of allylic oxidation sites excluding steroid dienone is 1. The Kier molecular flexibility index (Phi) is 5.25. The molecule has 0 unspecified atom stereocenters. The number of rotatable bonds is 4. The van der Waals surface area contributed by atoms with Crippen LogP contribution < -0.4 is 14.9 Å². The van der Waals surface area contributed by atoms with Crippen LogP contribution in [0, 0.1) is 0 Å². The van der Waals surface area contributed by atoms with Gasteiger partial charge in [0.25, 0.3) is 5.56 Å². The van der Waals surface area contributed by atoms with Gasteiger partial charge in [0, 0.05) is 11.1 Å². The van der Waals surface area contributed by atoms with Gasteiger partial charge in [-0.25, -0.2) is 9.79 Å². The quantitative estimate of drug-likeness (QED) is 0.599. The molecule has 4 rings (SSSR count). The van der Waals surface area contributed by atoms with E-state index >= 15 is 0 Å². The number of benzene rings is 1. The predicted octanol–water partition coefficient (Wildman–Crippen LogP) is 3.04. The van der Waals surface area contributed by atoms with E-state index in [0.29, 0.717) is 37.0 Å². The summed E-state index contributed by atoms with van der Waals surface area (Å²) >= 11 is 7.69. The first-order valence-electron chi connectivity index (χ1n) is 8.99. The number of carbonyl (C=O) groups excluding carboxylic acids is 1. The van der Waals surface area contributed by atoms with Crippen LogP contribution in [0.15, 0.2) is 68.1 Å². The number of thiazole rings is 1. The molecule has 3 aromatic rings. The van der Waals surface area contributed by atoms with Crippen LogP contribution in [0.3, 0.4) is 0 Å². The zero-order chi connectivity index (χ0) is 20.5. The van der Waals surface area contributed by atoms with Gasteiger partial charge >= 0.3 is 5.97 Å². The van der Waals surface area contributed by atoms with Gasteiger partial charge in [0.2, 0.25) is 0 Å². The van der Waals surface area contributed by atoms with Gasteiger partial charge < -0.3 is 9.15 Å². The fourth-order valence-electron chi connectivity index (χ4n) is 3.29. The average Bonchev–Trinajstić information content (AvgIpc) is 3.30. The number of furan rings is 1. The number of carbonyl (C=O) groups is 1. The third-order valence-electron chi connectivity index (χ3n) is 4.53. The number of halogens is 1. The molecule has 0 fully saturated rings. The zero-order valence-corrected chi connectivity index (χ0v) is 17.3. The van der Waals surface area contributed by atoms with E-state index in [9.17, 15) is 9.59 Å². The van der Waals surface area contributed by atoms with Gasteiger partial charge in [-0.2, -0.15) is 0 Å². The molecule has 0 radical (unpaired) electrons. The Morgan fingerprint density at radius 2 is 2.14 bits per heavy atom. The molecule has 0 amide bonds. The SMILES string of the molecule is CCOC(=O)C1=C(C)N=c2sc(=Cc3ccco3)c(=O)n2[C@@H]1c1ccccc1Cl. The molecule has 2 aromatic heterocycles. The van der Waals surface area contributed by atoms with Gasteiger partial charge in [0.1, 0.15) is 11.8 Å². The maximum atomic E-state index is 13.3. The van der Waals surface area contributed by atoms with E-state index in [0.717, 1.165) is 0 Å². The van der Waals surface area contributed by atoms with Crippen LogP contribution in [0.4, 0.5) is 0 Å². The maximum Gasteiger partial charge on any atom is 0.338 e. The second-order valence-electron chi connectivity index (χ2n) is 6.34. The molecule has 0 saturated carbocycles. The normalized spacial score (nSPS) is 16.5. The Labute approximate surface area is 175 Å². The minimum absolute atomic E-state index is 0.216. The number of ether oxygens (including phenoxy) is 1. The topological polar surface area (TPSA) is 73.8 Å². The highest BCUT2D eigenvalue weighted by Gasteiger charge is 2.34. The molecule has 1 aliphatic rings. The van der Waals surface area contributed by atoms with Gasteiger partial charge in [0.15, 0.2) is 4.80 Å². The molecule has 0 N–H and O–H groups in total. The second kappa shape index (κ2) is 7.85. The molecule has 29 heavy (non-hydrogen) atoms. The van der Waals surface area contributed by atoms with Crippen LogP contribution >= 0.6 is 22.9 Å². The summed E-state index contributed by atoms with van der Waals surface area (Å²) in [6.07, 6.45) is 3.20. The minimum Gasteiger partial charge on any atom is -0.465 e. The number of hydrogen-bond donors (Lipinski definition) is 0. The summed E-state index contributed by atoms with van der Waals surface area (Å²) in [5, 5.41) is 0.453. The standard InChI is InChI=1S/C21H17ClN2O4S/c1-3-27-20(26)17-12(2)23-21-24(18(17)14-8-4-5-9-15(14)22)19(25)16(29-21)11-13-7-6-10-28-13/h4-11,18H,3H2,1-2H3/t18-/m1/s1. The molecule has 3 heterocycles. The van der Waals surface area contributed by atoms with Crippen molar-refractivity contribution in [1.82, 2.24) is 4.57 Å². The summed E-state index contributed by atoms with van der Waals surface area (Å²) in [7, 11) is 0. The summed E-state index contributed by atoms with van der Waals surface area (Å²) in [4.78, 5) is 31.1. The van der Waals surface area contributed by atoms with Crippen molar-refractivity contribution in [3.63, 3.8) is 0 Å². The number of hydrogen-bond acceptors (Lipinski definition) is 6. The van der Waals surface area contributed by atoms with Crippen molar-refractivity contribution in [2.45, 2.75) is 19.9 Å². The monoisotopic (exact) mass is 428 g/mol. The fraction of sp³-hybridized carbons (Fsp3) is 0.190. The van der Waals surface area contributed by atoms with Crippen molar-refractivity contribution in [2.24, 2.45) is 4.99 Å². The summed E-state index contributed by atoms with van der Waals surface area (Å²) in [6.45, 7) is 3.68. The Bertz CT molecular complexity index is 1280. The van der Waals surface area contributed by atoms with Gasteiger partial charge in [-0.15, -0.1) is 0 Å². The van der Waals surface area contributed by atoms with E-state index in [-0.39, 0.29) is 12.2 Å². The Morgan fingerprint density at radius 3 is 2.83 bits per heavy atom. The Balaban J connectivity index is 2.00. The predicted molar refractivity (Wildman–Crippen MR) is 111 cm³/mol. The molecule has 6 nitrogen and oxygen atoms in total. The lowest BCUT2D eigenvalue weighted by Crippen LogP contribution is -2.40. The molecular weight excluding hydrogens is 412 g/mol. The number of aromatic nitrogens is 1. The number of nitrogens with zero attached hydrogens (tertiary/aromatic N) is 2. The lowest BCUT2D eigenvalue weighted by molar-refractivity contribution is -0.139. The van der Waals surface area contributed by atoms with E-state index in [4.69, 9.17) is 20.8 Å². The molecule has 1 atom stereocenters. The molecule has 0 spiro atoms. The van der Waals surface area contributed by atoms with Crippen molar-refractivity contribution in [3.05, 3.63) is 90.0 Å². The molecule has 0 saturated heterocycles. The number of fused-ring (bicyclic) bond motifs is 1. The highest BCUT2D eigenvalue weighted by atomic mass is 35.5. The highest BCUT2D eigenvalue weighted by molar-refractivity contribution is 7.07. The molecule has 148 valence electrons. The average molecular weight is 429 g/mol. The van der Waals surface area contributed by atoms with Crippen molar-refractivity contribution in [2.75, 3.05) is 6.61 Å². The molecular formula is C21H17ClN2O4S. The van der Waals surface area contributed by atoms with Crippen LogP contribution in [0.2, 0.25) is 5.02 Å². The Hall–Kier alpha value is -2.90. The smallest absolute Gasteiger partial charge is 0.338 e. The van der Waals surface area contributed by atoms with Gasteiger partial charge in [-0.3, -0.25) is 9.36 Å². The summed E-state index contributed by atoms with van der Waals surface area (Å²) in [5.41, 5.74) is 1.16. The first-order chi connectivity index (χ1) is 14.0. The zero-order valence-electron chi connectivity index (χ0n) is 15.7. The largest absolute Gasteiger partial charge is 0.465 e. The molecule has 1 aliphatic heterocycles. The highest BCUT2D eigenvalue weighted by Crippen LogP contribution is 2.34. The minimum atomic E-state index is -0.724. The maximum absolute atomic E-state index is 13.3. The van der Waals surface area contributed by atoms with Crippen molar-refractivity contribution in [1.29, 1.82) is 0 Å². The molecule has 1 aromatic carbocycles. The summed E-state index contributed by atoms with van der Waals surface area (Å²) < 4.78 is 12.5. The third-order valence-corrected chi connectivity index (χ3v) is 5.86. The van der Waals surface area contributed by atoms with E-state index < -0.39 is 12.0 Å². The van der Waals surface area contributed by atoms with Crippen molar-refractivity contribution < 1.29 is 13.9 Å². The van der Waals surface area contributed by atoms with Crippen LogP contribution in [-0.4, -0.2) is 17.1 Å². The first-order valence-corrected chi connectivity index (χ1v) is 10.2. The second-order valence-corrected chi connectivity index (χ2v) is 7.76. The van der Waals surface area contributed by atoms with E-state index in [1.165, 1.54) is 15.9 Å². The lowest BCUT2D eigenvalue weighted by atomic mass is 9.96. The Morgan fingerprint density at radius 1 is 1.34 bits per heavy atom. The van der Waals surface area contributed by atoms with E-state index in [1.807, 2.05) is 6.07 Å². The van der Waals surface area contributed by atoms with E-state index in [1.54, 1.807) is 56.5 Å². The van der Waals surface area contributed by atoms with Gasteiger partial charge in [-0.1, -0.05) is 41.1 Å². The first kappa shape index (κ1) is 19.4.